The fraction of sp³-hybridized carbons (Fsp3) is 0.250. The zero-order valence-electron chi connectivity index (χ0n) is 10.6. The normalized spacial score (nSPS) is 12.9. The van der Waals surface area contributed by atoms with E-state index in [1.807, 2.05) is 0 Å². The Kier molecular flexibility index (Phi) is 4.96. The van der Waals surface area contributed by atoms with Crippen molar-refractivity contribution >= 4 is 16.0 Å². The molecule has 1 aromatic rings. The molecule has 1 rings (SSSR count). The summed E-state index contributed by atoms with van der Waals surface area (Å²) in [5, 5.41) is 8.74. The summed E-state index contributed by atoms with van der Waals surface area (Å²) in [4.78, 5) is 9.71. The summed E-state index contributed by atoms with van der Waals surface area (Å²) in [7, 11) is -4.37. The molecule has 2 N–H and O–H groups in total. The van der Waals surface area contributed by atoms with Crippen molar-refractivity contribution in [3.8, 4) is 0 Å². The van der Waals surface area contributed by atoms with E-state index in [1.54, 1.807) is 0 Å². The van der Waals surface area contributed by atoms with Crippen molar-refractivity contribution in [3.63, 3.8) is 0 Å². The standard InChI is InChI=1S/C12H13F2NO4S/c1-3-4-7(2)15-20(18,19)10-6-8(12(16)17)5-9(13)11(10)14/h3,5-7,15H,1,4H2,2H3,(H,16,17). The van der Waals surface area contributed by atoms with Gasteiger partial charge in [0, 0.05) is 6.04 Å². The van der Waals surface area contributed by atoms with Crippen LogP contribution < -0.4 is 4.72 Å². The molecule has 0 amide bonds. The van der Waals surface area contributed by atoms with Crippen molar-refractivity contribution in [2.24, 2.45) is 0 Å². The van der Waals surface area contributed by atoms with Crippen LogP contribution in [0.3, 0.4) is 0 Å². The Morgan fingerprint density at radius 1 is 1.50 bits per heavy atom. The highest BCUT2D eigenvalue weighted by Gasteiger charge is 2.25. The molecule has 1 atom stereocenters. The van der Waals surface area contributed by atoms with Gasteiger partial charge in [-0.2, -0.15) is 0 Å². The van der Waals surface area contributed by atoms with E-state index in [9.17, 15) is 22.0 Å². The second-order valence-corrected chi connectivity index (χ2v) is 5.80. The number of carboxylic acid groups (broad SMARTS) is 1. The Hall–Kier alpha value is -1.80. The molecule has 0 bridgehead atoms. The molecule has 1 unspecified atom stereocenters. The highest BCUT2D eigenvalue weighted by atomic mass is 32.2. The number of aromatic carboxylic acids is 1. The number of halogens is 2. The molecular formula is C12H13F2NO4S. The van der Waals surface area contributed by atoms with Crippen LogP contribution in [0.5, 0.6) is 0 Å². The Labute approximate surface area is 115 Å². The molecule has 0 heterocycles. The number of sulfonamides is 1. The van der Waals surface area contributed by atoms with Gasteiger partial charge in [-0.05, 0) is 25.5 Å². The second kappa shape index (κ2) is 6.10. The van der Waals surface area contributed by atoms with Crippen LogP contribution in [0.2, 0.25) is 0 Å². The third-order valence-electron chi connectivity index (χ3n) is 2.41. The summed E-state index contributed by atoms with van der Waals surface area (Å²) in [5.74, 6) is -4.71. The van der Waals surface area contributed by atoms with Crippen LogP contribution in [0.25, 0.3) is 0 Å². The quantitative estimate of drug-likeness (QED) is 0.786. The van der Waals surface area contributed by atoms with E-state index in [-0.39, 0.29) is 6.42 Å². The molecule has 5 nitrogen and oxygen atoms in total. The maximum absolute atomic E-state index is 13.6. The molecule has 110 valence electrons. The first-order valence-corrected chi connectivity index (χ1v) is 7.03. The third-order valence-corrected chi connectivity index (χ3v) is 4.00. The van der Waals surface area contributed by atoms with Gasteiger partial charge in [0.05, 0.1) is 5.56 Å². The van der Waals surface area contributed by atoms with E-state index < -0.39 is 44.1 Å². The van der Waals surface area contributed by atoms with Gasteiger partial charge in [0.1, 0.15) is 4.90 Å². The summed E-state index contributed by atoms with van der Waals surface area (Å²) in [6.07, 6.45) is 1.74. The van der Waals surface area contributed by atoms with Gasteiger partial charge in [0.2, 0.25) is 10.0 Å². The topological polar surface area (TPSA) is 83.5 Å². The molecule has 0 fully saturated rings. The van der Waals surface area contributed by atoms with Crippen molar-refractivity contribution in [1.29, 1.82) is 0 Å². The van der Waals surface area contributed by atoms with E-state index in [4.69, 9.17) is 5.11 Å². The number of carbonyl (C=O) groups is 1. The minimum absolute atomic E-state index is 0.280. The fourth-order valence-electron chi connectivity index (χ4n) is 1.51. The number of hydrogen-bond acceptors (Lipinski definition) is 3. The van der Waals surface area contributed by atoms with Gasteiger partial charge in [0.25, 0.3) is 0 Å². The molecule has 0 saturated carbocycles. The molecule has 0 spiro atoms. The Bertz CT molecular complexity index is 643. The number of carboxylic acids is 1. The van der Waals surface area contributed by atoms with E-state index in [2.05, 4.69) is 11.3 Å². The minimum Gasteiger partial charge on any atom is -0.478 e. The van der Waals surface area contributed by atoms with E-state index in [1.165, 1.54) is 13.0 Å². The van der Waals surface area contributed by atoms with Crippen molar-refractivity contribution in [1.82, 2.24) is 4.72 Å². The molecule has 1 aromatic carbocycles. The maximum Gasteiger partial charge on any atom is 0.335 e. The first kappa shape index (κ1) is 16.3. The van der Waals surface area contributed by atoms with Gasteiger partial charge in [-0.1, -0.05) is 6.08 Å². The van der Waals surface area contributed by atoms with Gasteiger partial charge < -0.3 is 5.11 Å². The monoisotopic (exact) mass is 305 g/mol. The molecule has 0 saturated heterocycles. The number of nitrogens with one attached hydrogen (secondary N) is 1. The summed E-state index contributed by atoms with van der Waals surface area (Å²) in [6.45, 7) is 4.93. The SMILES string of the molecule is C=CCC(C)NS(=O)(=O)c1cc(C(=O)O)cc(F)c1F. The van der Waals surface area contributed by atoms with Crippen LogP contribution in [-0.2, 0) is 10.0 Å². The van der Waals surface area contributed by atoms with Crippen LogP contribution in [0.4, 0.5) is 8.78 Å². The smallest absolute Gasteiger partial charge is 0.335 e. The maximum atomic E-state index is 13.6. The largest absolute Gasteiger partial charge is 0.478 e. The van der Waals surface area contributed by atoms with Gasteiger partial charge in [-0.25, -0.2) is 26.7 Å². The lowest BCUT2D eigenvalue weighted by Crippen LogP contribution is -2.33. The molecule has 0 radical (unpaired) electrons. The van der Waals surface area contributed by atoms with E-state index in [0.717, 1.165) is 0 Å². The molecule has 0 aromatic heterocycles. The highest BCUT2D eigenvalue weighted by molar-refractivity contribution is 7.89. The van der Waals surface area contributed by atoms with E-state index >= 15 is 0 Å². The van der Waals surface area contributed by atoms with Gasteiger partial charge >= 0.3 is 5.97 Å². The Morgan fingerprint density at radius 3 is 2.60 bits per heavy atom. The van der Waals surface area contributed by atoms with Crippen LogP contribution in [-0.4, -0.2) is 25.5 Å². The third kappa shape index (κ3) is 3.61. The Morgan fingerprint density at radius 2 is 2.10 bits per heavy atom. The summed E-state index contributed by atoms with van der Waals surface area (Å²) < 4.78 is 52.8. The first-order valence-electron chi connectivity index (χ1n) is 5.54. The average Bonchev–Trinajstić information content (AvgIpc) is 2.31. The Balaban J connectivity index is 3.30. The lowest BCUT2D eigenvalue weighted by molar-refractivity contribution is 0.0696. The van der Waals surface area contributed by atoms with E-state index in [0.29, 0.717) is 12.1 Å². The average molecular weight is 305 g/mol. The number of hydrogen-bond donors (Lipinski definition) is 2. The first-order chi connectivity index (χ1) is 9.19. The molecule has 8 heteroatoms. The van der Waals surface area contributed by atoms with Crippen molar-refractivity contribution < 1.29 is 27.1 Å². The van der Waals surface area contributed by atoms with Crippen LogP contribution in [0, 0.1) is 11.6 Å². The molecular weight excluding hydrogens is 292 g/mol. The molecule has 0 aliphatic carbocycles. The molecule has 0 aliphatic heterocycles. The highest BCUT2D eigenvalue weighted by Crippen LogP contribution is 2.20. The van der Waals surface area contributed by atoms with Crippen LogP contribution in [0.1, 0.15) is 23.7 Å². The minimum atomic E-state index is -4.37. The summed E-state index contributed by atoms with van der Waals surface area (Å²) >= 11 is 0. The zero-order valence-corrected chi connectivity index (χ0v) is 11.4. The van der Waals surface area contributed by atoms with Crippen LogP contribution >= 0.6 is 0 Å². The summed E-state index contributed by atoms with van der Waals surface area (Å²) in [6, 6.07) is 0.404. The summed E-state index contributed by atoms with van der Waals surface area (Å²) in [5.41, 5.74) is -0.652. The van der Waals surface area contributed by atoms with Gasteiger partial charge in [0.15, 0.2) is 11.6 Å². The second-order valence-electron chi connectivity index (χ2n) is 4.12. The molecule has 0 aliphatic rings. The van der Waals surface area contributed by atoms with Crippen molar-refractivity contribution in [3.05, 3.63) is 42.0 Å². The lowest BCUT2D eigenvalue weighted by atomic mass is 10.2. The predicted octanol–water partition coefficient (Wildman–Crippen LogP) is 1.91. The van der Waals surface area contributed by atoms with Gasteiger partial charge in [-0.15, -0.1) is 6.58 Å². The van der Waals surface area contributed by atoms with Crippen LogP contribution in [0.15, 0.2) is 29.7 Å². The van der Waals surface area contributed by atoms with Gasteiger partial charge in [-0.3, -0.25) is 0 Å². The zero-order chi connectivity index (χ0) is 15.5. The fourth-order valence-corrected chi connectivity index (χ4v) is 2.88. The predicted molar refractivity (Wildman–Crippen MR) is 67.9 cm³/mol. The van der Waals surface area contributed by atoms with Crippen molar-refractivity contribution in [2.75, 3.05) is 0 Å². The lowest BCUT2D eigenvalue weighted by Gasteiger charge is -2.13. The molecule has 20 heavy (non-hydrogen) atoms. The number of benzene rings is 1. The van der Waals surface area contributed by atoms with Crippen molar-refractivity contribution in [2.45, 2.75) is 24.3 Å². The number of rotatable bonds is 6.